The maximum absolute atomic E-state index is 9.05. The van der Waals surface area contributed by atoms with Crippen LogP contribution < -0.4 is 4.74 Å². The maximum atomic E-state index is 9.05. The molecule has 0 bridgehead atoms. The lowest BCUT2D eigenvalue weighted by Gasteiger charge is -2.10. The van der Waals surface area contributed by atoms with Crippen LogP contribution in [0.5, 0.6) is 5.75 Å². The number of hydrogen-bond donors (Lipinski definition) is 1. The fourth-order valence-corrected chi connectivity index (χ4v) is 2.74. The molecule has 3 nitrogen and oxygen atoms in total. The standard InChI is InChI=1S/C14H17NO2S/c1-10(8-16)9-18-14-12-4-3-5-13(17-2)11(12)6-7-15-14/h3-7,10,16H,8-9H2,1-2H3. The minimum Gasteiger partial charge on any atom is -0.496 e. The first-order valence-corrected chi connectivity index (χ1v) is 6.90. The molecule has 0 saturated carbocycles. The van der Waals surface area contributed by atoms with E-state index >= 15 is 0 Å². The molecule has 2 aromatic rings. The van der Waals surface area contributed by atoms with Crippen molar-refractivity contribution in [3.63, 3.8) is 0 Å². The number of pyridine rings is 1. The summed E-state index contributed by atoms with van der Waals surface area (Å²) in [5.74, 6) is 2.00. The lowest BCUT2D eigenvalue weighted by molar-refractivity contribution is 0.250. The third kappa shape index (κ3) is 2.76. The molecule has 1 aromatic carbocycles. The summed E-state index contributed by atoms with van der Waals surface area (Å²) >= 11 is 1.68. The number of aromatic nitrogens is 1. The van der Waals surface area contributed by atoms with Crippen molar-refractivity contribution in [2.45, 2.75) is 11.9 Å². The van der Waals surface area contributed by atoms with Gasteiger partial charge in [0.15, 0.2) is 0 Å². The Morgan fingerprint density at radius 1 is 1.33 bits per heavy atom. The van der Waals surface area contributed by atoms with Gasteiger partial charge in [-0.2, -0.15) is 0 Å². The van der Waals surface area contributed by atoms with E-state index in [1.165, 1.54) is 0 Å². The van der Waals surface area contributed by atoms with Gasteiger partial charge in [-0.25, -0.2) is 4.98 Å². The second-order valence-corrected chi connectivity index (χ2v) is 5.28. The molecule has 0 amide bonds. The Kier molecular flexibility index (Phi) is 4.44. The minimum absolute atomic E-state index is 0.209. The maximum Gasteiger partial charge on any atom is 0.126 e. The average Bonchev–Trinajstić information content (AvgIpc) is 2.43. The smallest absolute Gasteiger partial charge is 0.126 e. The van der Waals surface area contributed by atoms with E-state index in [1.54, 1.807) is 25.1 Å². The summed E-state index contributed by atoms with van der Waals surface area (Å²) in [6, 6.07) is 7.94. The van der Waals surface area contributed by atoms with E-state index in [1.807, 2.05) is 25.1 Å². The van der Waals surface area contributed by atoms with Crippen molar-refractivity contribution in [3.8, 4) is 5.75 Å². The summed E-state index contributed by atoms with van der Waals surface area (Å²) in [6.45, 7) is 2.24. The molecule has 1 aromatic heterocycles. The molecule has 0 aliphatic heterocycles. The van der Waals surface area contributed by atoms with Crippen LogP contribution in [0.3, 0.4) is 0 Å². The quantitative estimate of drug-likeness (QED) is 0.842. The number of aliphatic hydroxyl groups excluding tert-OH is 1. The highest BCUT2D eigenvalue weighted by Gasteiger charge is 2.08. The number of fused-ring (bicyclic) bond motifs is 1. The summed E-state index contributed by atoms with van der Waals surface area (Å²) in [6.07, 6.45) is 1.80. The van der Waals surface area contributed by atoms with Crippen LogP contribution in [0.4, 0.5) is 0 Å². The van der Waals surface area contributed by atoms with E-state index in [4.69, 9.17) is 9.84 Å². The van der Waals surface area contributed by atoms with E-state index in [0.717, 1.165) is 27.3 Å². The fourth-order valence-electron chi connectivity index (χ4n) is 1.72. The van der Waals surface area contributed by atoms with Gasteiger partial charge < -0.3 is 9.84 Å². The number of benzene rings is 1. The van der Waals surface area contributed by atoms with Gasteiger partial charge in [0.05, 0.1) is 7.11 Å². The van der Waals surface area contributed by atoms with Crippen LogP contribution in [0.1, 0.15) is 6.92 Å². The number of hydrogen-bond acceptors (Lipinski definition) is 4. The molecule has 0 spiro atoms. The first kappa shape index (κ1) is 13.2. The highest BCUT2D eigenvalue weighted by molar-refractivity contribution is 7.99. The van der Waals surface area contributed by atoms with Crippen molar-refractivity contribution in [1.29, 1.82) is 0 Å². The largest absolute Gasteiger partial charge is 0.496 e. The van der Waals surface area contributed by atoms with E-state index in [2.05, 4.69) is 11.1 Å². The molecule has 1 atom stereocenters. The molecular weight excluding hydrogens is 246 g/mol. The van der Waals surface area contributed by atoms with Crippen molar-refractivity contribution in [2.24, 2.45) is 5.92 Å². The predicted octanol–water partition coefficient (Wildman–Crippen LogP) is 2.96. The monoisotopic (exact) mass is 263 g/mol. The SMILES string of the molecule is COc1cccc2c(SCC(C)CO)nccc12. The molecule has 18 heavy (non-hydrogen) atoms. The molecule has 0 aliphatic rings. The van der Waals surface area contributed by atoms with Gasteiger partial charge in [0.2, 0.25) is 0 Å². The lowest BCUT2D eigenvalue weighted by Crippen LogP contribution is -2.03. The van der Waals surface area contributed by atoms with Gasteiger partial charge in [-0.3, -0.25) is 0 Å². The molecule has 0 fully saturated rings. The Morgan fingerprint density at radius 3 is 2.89 bits per heavy atom. The molecule has 1 unspecified atom stereocenters. The molecule has 2 rings (SSSR count). The van der Waals surface area contributed by atoms with E-state index in [0.29, 0.717) is 0 Å². The number of ether oxygens (including phenoxy) is 1. The zero-order chi connectivity index (χ0) is 13.0. The first-order valence-electron chi connectivity index (χ1n) is 5.91. The number of methoxy groups -OCH3 is 1. The number of rotatable bonds is 5. The topological polar surface area (TPSA) is 42.4 Å². The van der Waals surface area contributed by atoms with E-state index in [9.17, 15) is 0 Å². The third-order valence-electron chi connectivity index (χ3n) is 2.77. The van der Waals surface area contributed by atoms with E-state index < -0.39 is 0 Å². The van der Waals surface area contributed by atoms with Crippen LogP contribution >= 0.6 is 11.8 Å². The Bertz CT molecular complexity index is 530. The van der Waals surface area contributed by atoms with Gasteiger partial charge in [0, 0.05) is 29.3 Å². The second kappa shape index (κ2) is 6.07. The van der Waals surface area contributed by atoms with Crippen molar-refractivity contribution >= 4 is 22.5 Å². The summed E-state index contributed by atoms with van der Waals surface area (Å²) < 4.78 is 5.35. The highest BCUT2D eigenvalue weighted by Crippen LogP contribution is 2.31. The Balaban J connectivity index is 2.34. The Labute approximate surface area is 111 Å². The highest BCUT2D eigenvalue weighted by atomic mass is 32.2. The van der Waals surface area contributed by atoms with Gasteiger partial charge in [-0.1, -0.05) is 19.1 Å². The molecule has 0 saturated heterocycles. The van der Waals surface area contributed by atoms with Crippen LogP contribution in [-0.4, -0.2) is 29.6 Å². The van der Waals surface area contributed by atoms with Gasteiger partial charge >= 0.3 is 0 Å². The molecule has 0 radical (unpaired) electrons. The summed E-state index contributed by atoms with van der Waals surface area (Å²) in [5.41, 5.74) is 0. The second-order valence-electron chi connectivity index (χ2n) is 4.27. The van der Waals surface area contributed by atoms with Crippen LogP contribution in [0, 0.1) is 5.92 Å². The van der Waals surface area contributed by atoms with Crippen LogP contribution in [0.25, 0.3) is 10.8 Å². The average molecular weight is 263 g/mol. The summed E-state index contributed by atoms with van der Waals surface area (Å²) in [5, 5.41) is 12.2. The third-order valence-corrected chi connectivity index (χ3v) is 4.10. The zero-order valence-corrected chi connectivity index (χ0v) is 11.4. The minimum atomic E-state index is 0.209. The molecule has 0 aliphatic carbocycles. The lowest BCUT2D eigenvalue weighted by atomic mass is 10.1. The van der Waals surface area contributed by atoms with Crippen molar-refractivity contribution in [2.75, 3.05) is 19.5 Å². The molecule has 1 N–H and O–H groups in total. The zero-order valence-electron chi connectivity index (χ0n) is 10.6. The molecule has 4 heteroatoms. The van der Waals surface area contributed by atoms with Gasteiger partial charge in [-0.15, -0.1) is 11.8 Å². The number of nitrogens with zero attached hydrogens (tertiary/aromatic N) is 1. The Hall–Kier alpha value is -1.26. The molecule has 96 valence electrons. The van der Waals surface area contributed by atoms with Crippen molar-refractivity contribution < 1.29 is 9.84 Å². The first-order chi connectivity index (χ1) is 8.76. The van der Waals surface area contributed by atoms with Gasteiger partial charge in [-0.05, 0) is 18.1 Å². The van der Waals surface area contributed by atoms with Crippen molar-refractivity contribution in [1.82, 2.24) is 4.98 Å². The molecule has 1 heterocycles. The summed E-state index contributed by atoms with van der Waals surface area (Å²) in [7, 11) is 1.68. The van der Waals surface area contributed by atoms with Gasteiger partial charge in [0.1, 0.15) is 10.8 Å². The van der Waals surface area contributed by atoms with Gasteiger partial charge in [0.25, 0.3) is 0 Å². The number of thioether (sulfide) groups is 1. The van der Waals surface area contributed by atoms with Crippen LogP contribution in [0.15, 0.2) is 35.5 Å². The van der Waals surface area contributed by atoms with Crippen LogP contribution in [0.2, 0.25) is 0 Å². The normalized spacial score (nSPS) is 12.6. The Morgan fingerprint density at radius 2 is 2.17 bits per heavy atom. The number of aliphatic hydroxyl groups is 1. The van der Waals surface area contributed by atoms with Crippen molar-refractivity contribution in [3.05, 3.63) is 30.5 Å². The predicted molar refractivity (Wildman–Crippen MR) is 75.3 cm³/mol. The van der Waals surface area contributed by atoms with E-state index in [-0.39, 0.29) is 12.5 Å². The summed E-state index contributed by atoms with van der Waals surface area (Å²) in [4.78, 5) is 4.41. The van der Waals surface area contributed by atoms with Crippen LogP contribution in [-0.2, 0) is 0 Å². The molecular formula is C14H17NO2S. The fraction of sp³-hybridized carbons (Fsp3) is 0.357.